The van der Waals surface area contributed by atoms with E-state index in [9.17, 15) is 18.4 Å². The van der Waals surface area contributed by atoms with E-state index in [4.69, 9.17) is 0 Å². The lowest BCUT2D eigenvalue weighted by Gasteiger charge is -2.24. The van der Waals surface area contributed by atoms with Crippen LogP contribution in [0.4, 0.5) is 8.78 Å². The number of alkyl halides is 2. The van der Waals surface area contributed by atoms with Gasteiger partial charge in [-0.3, -0.25) is 14.5 Å². The molecule has 2 fully saturated rings. The lowest BCUT2D eigenvalue weighted by atomic mass is 10.1. The van der Waals surface area contributed by atoms with Gasteiger partial charge in [0.1, 0.15) is 5.75 Å². The summed E-state index contributed by atoms with van der Waals surface area (Å²) in [4.78, 5) is 30.9. The second-order valence-corrected chi connectivity index (χ2v) is 7.62. The predicted molar refractivity (Wildman–Crippen MR) is 105 cm³/mol. The number of hydrogen-bond donors (Lipinski definition) is 0. The van der Waals surface area contributed by atoms with Crippen LogP contribution in [-0.4, -0.2) is 78.9 Å². The Balaban J connectivity index is 1.41. The Labute approximate surface area is 170 Å². The lowest BCUT2D eigenvalue weighted by Crippen LogP contribution is -2.41. The molecule has 0 saturated carbocycles. The molecule has 0 N–H and O–H groups in total. The first-order valence-corrected chi connectivity index (χ1v) is 10.3. The van der Waals surface area contributed by atoms with Crippen LogP contribution in [-0.2, 0) is 16.0 Å². The van der Waals surface area contributed by atoms with Crippen LogP contribution < -0.4 is 4.74 Å². The van der Waals surface area contributed by atoms with Crippen LogP contribution in [0, 0.1) is 0 Å². The van der Waals surface area contributed by atoms with E-state index in [0.717, 1.165) is 44.5 Å². The summed E-state index contributed by atoms with van der Waals surface area (Å²) >= 11 is 0. The van der Waals surface area contributed by atoms with Crippen molar-refractivity contribution >= 4 is 11.8 Å². The average molecular weight is 409 g/mol. The van der Waals surface area contributed by atoms with Crippen LogP contribution in [0.3, 0.4) is 0 Å². The van der Waals surface area contributed by atoms with Crippen molar-refractivity contribution in [3.8, 4) is 5.75 Å². The molecule has 0 radical (unpaired) electrons. The molecule has 8 heteroatoms. The summed E-state index contributed by atoms with van der Waals surface area (Å²) in [5.41, 5.74) is 0.910. The normalized spacial score (nSPS) is 18.2. The number of ether oxygens (including phenoxy) is 1. The number of benzene rings is 1. The molecule has 2 saturated heterocycles. The Hall–Kier alpha value is -2.22. The Morgan fingerprint density at radius 3 is 2.21 bits per heavy atom. The minimum Gasteiger partial charge on any atom is -0.435 e. The average Bonchev–Trinajstić information content (AvgIpc) is 3.14. The van der Waals surface area contributed by atoms with E-state index in [-0.39, 0.29) is 17.6 Å². The van der Waals surface area contributed by atoms with Crippen LogP contribution in [0.5, 0.6) is 5.75 Å². The highest BCUT2D eigenvalue weighted by molar-refractivity contribution is 5.78. The summed E-state index contributed by atoms with van der Waals surface area (Å²) in [7, 11) is 0. The van der Waals surface area contributed by atoms with Gasteiger partial charge < -0.3 is 14.5 Å². The summed E-state index contributed by atoms with van der Waals surface area (Å²) in [5.74, 6) is 0.401. The minimum absolute atomic E-state index is 0.0885. The highest BCUT2D eigenvalue weighted by Gasteiger charge is 2.23. The molecule has 0 atom stereocenters. The zero-order chi connectivity index (χ0) is 20.6. The van der Waals surface area contributed by atoms with Gasteiger partial charge in [-0.25, -0.2) is 0 Å². The maximum Gasteiger partial charge on any atom is 0.387 e. The number of nitrogens with zero attached hydrogens (tertiary/aromatic N) is 3. The zero-order valence-corrected chi connectivity index (χ0v) is 16.7. The third-order valence-electron chi connectivity index (χ3n) is 5.53. The molecular formula is C21H29F2N3O3. The third kappa shape index (κ3) is 6.66. The lowest BCUT2D eigenvalue weighted by molar-refractivity contribution is -0.131. The van der Waals surface area contributed by atoms with Gasteiger partial charge in [-0.05, 0) is 43.4 Å². The Kier molecular flexibility index (Phi) is 7.80. The molecule has 0 aromatic heterocycles. The van der Waals surface area contributed by atoms with E-state index < -0.39 is 6.61 Å². The van der Waals surface area contributed by atoms with Crippen molar-refractivity contribution in [3.05, 3.63) is 29.8 Å². The molecule has 1 aromatic rings. The molecule has 2 heterocycles. The van der Waals surface area contributed by atoms with Gasteiger partial charge in [0.2, 0.25) is 11.8 Å². The van der Waals surface area contributed by atoms with Gasteiger partial charge in [0.05, 0.1) is 6.54 Å². The number of carbonyl (C=O) groups is 2. The number of likely N-dealkylation sites (tertiary alicyclic amines) is 1. The zero-order valence-electron chi connectivity index (χ0n) is 16.7. The van der Waals surface area contributed by atoms with Crippen LogP contribution in [0.1, 0.15) is 31.2 Å². The van der Waals surface area contributed by atoms with Crippen molar-refractivity contribution in [2.24, 2.45) is 0 Å². The molecule has 2 aliphatic heterocycles. The van der Waals surface area contributed by atoms with Gasteiger partial charge in [-0.2, -0.15) is 8.78 Å². The SMILES string of the molecule is O=C(CCc1ccc(OC(F)F)cc1)N1CCCN(CC(=O)N2CCCC2)CC1. The van der Waals surface area contributed by atoms with Gasteiger partial charge in [-0.1, -0.05) is 12.1 Å². The molecule has 2 aliphatic rings. The number of carbonyl (C=O) groups excluding carboxylic acids is 2. The van der Waals surface area contributed by atoms with Gasteiger partial charge in [0.25, 0.3) is 0 Å². The highest BCUT2D eigenvalue weighted by atomic mass is 19.3. The molecule has 160 valence electrons. The van der Waals surface area contributed by atoms with Gasteiger partial charge in [0, 0.05) is 45.7 Å². The van der Waals surface area contributed by atoms with E-state index in [1.54, 1.807) is 12.1 Å². The highest BCUT2D eigenvalue weighted by Crippen LogP contribution is 2.16. The Morgan fingerprint density at radius 2 is 1.52 bits per heavy atom. The van der Waals surface area contributed by atoms with Crippen molar-refractivity contribution in [3.63, 3.8) is 0 Å². The second kappa shape index (κ2) is 10.5. The first kappa shape index (κ1) is 21.5. The molecule has 6 nitrogen and oxygen atoms in total. The maximum absolute atomic E-state index is 12.6. The maximum atomic E-state index is 12.6. The first-order chi connectivity index (χ1) is 14.0. The molecule has 0 spiro atoms. The van der Waals surface area contributed by atoms with Crippen LogP contribution >= 0.6 is 0 Å². The number of amides is 2. The smallest absolute Gasteiger partial charge is 0.387 e. The molecule has 0 aliphatic carbocycles. The van der Waals surface area contributed by atoms with E-state index >= 15 is 0 Å². The summed E-state index contributed by atoms with van der Waals surface area (Å²) in [6, 6.07) is 6.40. The Morgan fingerprint density at radius 1 is 0.862 bits per heavy atom. The number of halogens is 2. The van der Waals surface area contributed by atoms with Gasteiger partial charge >= 0.3 is 6.61 Å². The van der Waals surface area contributed by atoms with Crippen molar-refractivity contribution in [2.75, 3.05) is 45.8 Å². The molecule has 0 bridgehead atoms. The topological polar surface area (TPSA) is 53.1 Å². The fourth-order valence-corrected chi connectivity index (χ4v) is 3.88. The molecule has 3 rings (SSSR count). The van der Waals surface area contributed by atoms with Crippen molar-refractivity contribution in [1.82, 2.24) is 14.7 Å². The van der Waals surface area contributed by atoms with Crippen LogP contribution in [0.2, 0.25) is 0 Å². The van der Waals surface area contributed by atoms with Crippen LogP contribution in [0.25, 0.3) is 0 Å². The largest absolute Gasteiger partial charge is 0.435 e. The minimum atomic E-state index is -2.84. The number of hydrogen-bond acceptors (Lipinski definition) is 4. The van der Waals surface area contributed by atoms with E-state index in [1.165, 1.54) is 12.1 Å². The third-order valence-corrected chi connectivity index (χ3v) is 5.53. The molecule has 0 unspecified atom stereocenters. The fourth-order valence-electron chi connectivity index (χ4n) is 3.88. The Bertz CT molecular complexity index is 678. The molecular weight excluding hydrogens is 380 g/mol. The molecule has 1 aromatic carbocycles. The summed E-state index contributed by atoms with van der Waals surface area (Å²) < 4.78 is 28.7. The van der Waals surface area contributed by atoms with Gasteiger partial charge in [-0.15, -0.1) is 0 Å². The number of rotatable bonds is 7. The van der Waals surface area contributed by atoms with Crippen molar-refractivity contribution in [1.29, 1.82) is 0 Å². The van der Waals surface area contributed by atoms with Crippen LogP contribution in [0.15, 0.2) is 24.3 Å². The standard InChI is InChI=1S/C21H29F2N3O3/c22-21(23)29-18-7-4-17(5-8-18)6-9-19(27)26-13-3-10-24(14-15-26)16-20(28)25-11-1-2-12-25/h4-5,7-8,21H,1-3,6,9-16H2. The summed E-state index contributed by atoms with van der Waals surface area (Å²) in [6.07, 6.45) is 3.98. The van der Waals surface area contributed by atoms with Crippen molar-refractivity contribution in [2.45, 2.75) is 38.7 Å². The first-order valence-electron chi connectivity index (χ1n) is 10.3. The second-order valence-electron chi connectivity index (χ2n) is 7.62. The predicted octanol–water partition coefficient (Wildman–Crippen LogP) is 2.38. The fraction of sp³-hybridized carbons (Fsp3) is 0.619. The quantitative estimate of drug-likeness (QED) is 0.694. The van der Waals surface area contributed by atoms with Crippen molar-refractivity contribution < 1.29 is 23.1 Å². The summed E-state index contributed by atoms with van der Waals surface area (Å²) in [6.45, 7) is 2.21. The number of aryl methyl sites for hydroxylation is 1. The van der Waals surface area contributed by atoms with Gasteiger partial charge in [0.15, 0.2) is 0 Å². The van der Waals surface area contributed by atoms with E-state index in [0.29, 0.717) is 39.0 Å². The summed E-state index contributed by atoms with van der Waals surface area (Å²) in [5, 5.41) is 0. The molecule has 2 amide bonds. The monoisotopic (exact) mass is 409 g/mol. The van der Waals surface area contributed by atoms with E-state index in [1.807, 2.05) is 9.80 Å². The molecule has 29 heavy (non-hydrogen) atoms. The van der Waals surface area contributed by atoms with E-state index in [2.05, 4.69) is 9.64 Å².